The van der Waals surface area contributed by atoms with Gasteiger partial charge < -0.3 is 25.7 Å². The van der Waals surface area contributed by atoms with Gasteiger partial charge in [-0.2, -0.15) is 0 Å². The van der Waals surface area contributed by atoms with Crippen molar-refractivity contribution in [2.45, 2.75) is 18.3 Å². The van der Waals surface area contributed by atoms with E-state index in [0.29, 0.717) is 0 Å². The molecule has 0 aromatic rings. The van der Waals surface area contributed by atoms with Crippen LogP contribution < -0.4 is 5.32 Å². The molecular weight excluding hydrogens is 194 g/mol. The molecule has 0 fully saturated rings. The molecule has 0 saturated heterocycles. The van der Waals surface area contributed by atoms with Crippen LogP contribution in [0.4, 0.5) is 0 Å². The van der Waals surface area contributed by atoms with E-state index in [9.17, 15) is 9.59 Å². The van der Waals surface area contributed by atoms with Gasteiger partial charge in [-0.1, -0.05) is 0 Å². The molecule has 5 N–H and O–H groups in total. The van der Waals surface area contributed by atoms with Crippen LogP contribution in [0, 0.1) is 0 Å². The number of carbonyl (C=O) groups excluding carboxylic acids is 2. The monoisotopic (exact) mass is 207 g/mol. The molecule has 0 aliphatic rings. The molecule has 3 atom stereocenters. The van der Waals surface area contributed by atoms with E-state index in [-0.39, 0.29) is 13.0 Å². The Bertz CT molecular complexity index is 197. The van der Waals surface area contributed by atoms with E-state index in [1.807, 2.05) is 5.32 Å². The van der Waals surface area contributed by atoms with Gasteiger partial charge in [0, 0.05) is 0 Å². The Labute approximate surface area is 80.0 Å². The lowest BCUT2D eigenvalue weighted by Crippen LogP contribution is -2.45. The predicted molar refractivity (Wildman–Crippen MR) is 44.2 cm³/mol. The van der Waals surface area contributed by atoms with Crippen LogP contribution >= 0.6 is 0 Å². The van der Waals surface area contributed by atoms with Gasteiger partial charge in [-0.05, 0) is 0 Å². The number of amides is 1. The Kier molecular flexibility index (Phi) is 5.97. The van der Waals surface area contributed by atoms with Crippen molar-refractivity contribution < 1.29 is 30.0 Å². The fourth-order valence-electron chi connectivity index (χ4n) is 0.747. The van der Waals surface area contributed by atoms with Crippen molar-refractivity contribution in [1.82, 2.24) is 5.32 Å². The molecule has 7 heteroatoms. The topological polar surface area (TPSA) is 127 Å². The number of nitrogens with one attached hydrogen (secondary N) is 1. The second kappa shape index (κ2) is 6.44. The molecule has 7 nitrogen and oxygen atoms in total. The van der Waals surface area contributed by atoms with Crippen LogP contribution in [0.5, 0.6) is 0 Å². The highest BCUT2D eigenvalue weighted by Crippen LogP contribution is 1.98. The molecule has 1 amide bonds. The highest BCUT2D eigenvalue weighted by atomic mass is 16.4. The number of Topliss-reactive ketones (excluding diaryl/α,β-unsaturated/α-hetero) is 1. The summed E-state index contributed by atoms with van der Waals surface area (Å²) in [5.41, 5.74) is 0. The van der Waals surface area contributed by atoms with Crippen LogP contribution in [0.1, 0.15) is 0 Å². The van der Waals surface area contributed by atoms with Crippen molar-refractivity contribution in [1.29, 1.82) is 0 Å². The van der Waals surface area contributed by atoms with E-state index >= 15 is 0 Å². The fourth-order valence-corrected chi connectivity index (χ4v) is 0.747. The lowest BCUT2D eigenvalue weighted by molar-refractivity contribution is -0.142. The Balaban J connectivity index is 4.09. The van der Waals surface area contributed by atoms with E-state index in [2.05, 4.69) is 0 Å². The van der Waals surface area contributed by atoms with Gasteiger partial charge in [0.05, 0.1) is 13.2 Å². The second-order valence-corrected chi connectivity index (χ2v) is 2.64. The van der Waals surface area contributed by atoms with Gasteiger partial charge in [0.15, 0.2) is 5.78 Å². The molecule has 0 aromatic heterocycles. The first-order chi connectivity index (χ1) is 6.54. The zero-order chi connectivity index (χ0) is 11.1. The number of aliphatic hydroxyl groups excluding tert-OH is 4. The summed E-state index contributed by atoms with van der Waals surface area (Å²) in [6.07, 6.45) is -4.81. The minimum atomic E-state index is -1.86. The molecule has 14 heavy (non-hydrogen) atoms. The summed E-state index contributed by atoms with van der Waals surface area (Å²) in [5.74, 6) is -1.05. The van der Waals surface area contributed by atoms with E-state index in [1.165, 1.54) is 0 Å². The van der Waals surface area contributed by atoms with Gasteiger partial charge >= 0.3 is 0 Å². The van der Waals surface area contributed by atoms with Crippen molar-refractivity contribution in [2.24, 2.45) is 0 Å². The molecule has 0 aliphatic carbocycles. The Morgan fingerprint density at radius 2 is 1.93 bits per heavy atom. The molecule has 0 radical (unpaired) electrons. The average molecular weight is 207 g/mol. The second-order valence-electron chi connectivity index (χ2n) is 2.64. The third-order valence-electron chi connectivity index (χ3n) is 1.57. The largest absolute Gasteiger partial charge is 0.394 e. The summed E-state index contributed by atoms with van der Waals surface area (Å²) in [5, 5.41) is 37.3. The molecule has 0 saturated carbocycles. The third-order valence-corrected chi connectivity index (χ3v) is 1.57. The summed E-state index contributed by atoms with van der Waals surface area (Å²) in [4.78, 5) is 20.8. The fraction of sp³-hybridized carbons (Fsp3) is 0.714. The van der Waals surface area contributed by atoms with Gasteiger partial charge in [0.25, 0.3) is 0 Å². The number of hydrogen-bond donors (Lipinski definition) is 5. The van der Waals surface area contributed by atoms with Crippen molar-refractivity contribution in [2.75, 3.05) is 13.2 Å². The summed E-state index contributed by atoms with van der Waals surface area (Å²) < 4.78 is 0. The van der Waals surface area contributed by atoms with E-state index in [4.69, 9.17) is 20.4 Å². The molecule has 0 heterocycles. The van der Waals surface area contributed by atoms with Crippen LogP contribution in [0.2, 0.25) is 0 Å². The van der Waals surface area contributed by atoms with Crippen LogP contribution in [-0.2, 0) is 9.59 Å². The zero-order valence-corrected chi connectivity index (χ0v) is 7.33. The standard InChI is InChI=1S/C7H13NO6/c9-2-5(12)7(14)6(13)4(11)1-8-3-10/h3-5,7,9,11-12,14H,1-2H2,(H,8,10)/t4-,5?,7+/m1/s1. The maximum absolute atomic E-state index is 11.0. The minimum absolute atomic E-state index is 0.283. The van der Waals surface area contributed by atoms with Crippen LogP contribution in [-0.4, -0.2) is 64.1 Å². The molecule has 82 valence electrons. The first kappa shape index (κ1) is 13.0. The quantitative estimate of drug-likeness (QED) is 0.274. The molecule has 0 aliphatic heterocycles. The lowest BCUT2D eigenvalue weighted by atomic mass is 10.1. The summed E-state index contributed by atoms with van der Waals surface area (Å²) >= 11 is 0. The number of hydrogen-bond acceptors (Lipinski definition) is 6. The van der Waals surface area contributed by atoms with Gasteiger partial charge in [-0.15, -0.1) is 0 Å². The average Bonchev–Trinajstić information content (AvgIpc) is 2.22. The normalized spacial score (nSPS) is 16.9. The van der Waals surface area contributed by atoms with Crippen molar-refractivity contribution in [3.05, 3.63) is 0 Å². The molecule has 0 rings (SSSR count). The van der Waals surface area contributed by atoms with E-state index in [0.717, 1.165) is 0 Å². The Hall–Kier alpha value is -1.02. The minimum Gasteiger partial charge on any atom is -0.394 e. The summed E-state index contributed by atoms with van der Waals surface area (Å²) in [6.45, 7) is -1.14. The summed E-state index contributed by atoms with van der Waals surface area (Å²) in [6, 6.07) is 0. The SMILES string of the molecule is O=CNC[C@@H](O)C(=O)[C@@H](O)C(O)CO. The Morgan fingerprint density at radius 1 is 1.36 bits per heavy atom. The number of ketones is 1. The molecule has 0 spiro atoms. The van der Waals surface area contributed by atoms with Gasteiger partial charge in [0.1, 0.15) is 18.3 Å². The Morgan fingerprint density at radius 3 is 2.36 bits per heavy atom. The highest BCUT2D eigenvalue weighted by Gasteiger charge is 2.28. The maximum atomic E-state index is 11.0. The molecule has 1 unspecified atom stereocenters. The van der Waals surface area contributed by atoms with E-state index < -0.39 is 30.7 Å². The smallest absolute Gasteiger partial charge is 0.207 e. The molecular formula is C7H13NO6. The van der Waals surface area contributed by atoms with Crippen molar-refractivity contribution >= 4 is 12.2 Å². The van der Waals surface area contributed by atoms with Crippen LogP contribution in [0.3, 0.4) is 0 Å². The van der Waals surface area contributed by atoms with Crippen LogP contribution in [0.25, 0.3) is 0 Å². The first-order valence-corrected chi connectivity index (χ1v) is 3.90. The number of rotatable bonds is 7. The van der Waals surface area contributed by atoms with Gasteiger partial charge in [-0.3, -0.25) is 9.59 Å². The van der Waals surface area contributed by atoms with Crippen LogP contribution in [0.15, 0.2) is 0 Å². The van der Waals surface area contributed by atoms with E-state index in [1.54, 1.807) is 0 Å². The number of carbonyl (C=O) groups is 2. The summed E-state index contributed by atoms with van der Waals surface area (Å²) in [7, 11) is 0. The predicted octanol–water partition coefficient (Wildman–Crippen LogP) is -3.62. The third kappa shape index (κ3) is 3.79. The van der Waals surface area contributed by atoms with Gasteiger partial charge in [0.2, 0.25) is 6.41 Å². The van der Waals surface area contributed by atoms with Crippen molar-refractivity contribution in [3.8, 4) is 0 Å². The zero-order valence-electron chi connectivity index (χ0n) is 7.33. The maximum Gasteiger partial charge on any atom is 0.207 e. The first-order valence-electron chi connectivity index (χ1n) is 3.90. The molecule has 0 aromatic carbocycles. The molecule has 0 bridgehead atoms. The number of aliphatic hydroxyl groups is 4. The highest BCUT2D eigenvalue weighted by molar-refractivity contribution is 5.87. The van der Waals surface area contributed by atoms with Gasteiger partial charge in [-0.25, -0.2) is 0 Å². The van der Waals surface area contributed by atoms with Crippen molar-refractivity contribution in [3.63, 3.8) is 0 Å². The lowest BCUT2D eigenvalue weighted by Gasteiger charge is -2.17.